The van der Waals surface area contributed by atoms with Gasteiger partial charge in [0.25, 0.3) is 0 Å². The van der Waals surface area contributed by atoms with Crippen LogP contribution < -0.4 is 5.32 Å². The summed E-state index contributed by atoms with van der Waals surface area (Å²) in [7, 11) is 0. The summed E-state index contributed by atoms with van der Waals surface area (Å²) in [5, 5.41) is 13.5. The van der Waals surface area contributed by atoms with Gasteiger partial charge in [0.1, 0.15) is 0 Å². The van der Waals surface area contributed by atoms with E-state index in [2.05, 4.69) is 26.1 Å². The molecule has 2 rings (SSSR count). The van der Waals surface area contributed by atoms with E-state index in [1.165, 1.54) is 44.9 Å². The highest BCUT2D eigenvalue weighted by molar-refractivity contribution is 4.85. The molecular formula is C16H31NO. The summed E-state index contributed by atoms with van der Waals surface area (Å²) in [5.74, 6) is 1.48. The third-order valence-corrected chi connectivity index (χ3v) is 4.98. The van der Waals surface area contributed by atoms with Crippen LogP contribution in [0.3, 0.4) is 0 Å². The highest BCUT2D eigenvalue weighted by Crippen LogP contribution is 2.37. The van der Waals surface area contributed by atoms with E-state index in [4.69, 9.17) is 0 Å². The highest BCUT2D eigenvalue weighted by Gasteiger charge is 2.31. The van der Waals surface area contributed by atoms with Gasteiger partial charge in [-0.1, -0.05) is 27.2 Å². The second-order valence-corrected chi connectivity index (χ2v) is 7.58. The van der Waals surface area contributed by atoms with Crippen molar-refractivity contribution in [2.24, 2.45) is 17.3 Å². The quantitative estimate of drug-likeness (QED) is 0.753. The van der Waals surface area contributed by atoms with Crippen LogP contribution >= 0.6 is 0 Å². The van der Waals surface area contributed by atoms with Crippen LogP contribution in [0.15, 0.2) is 0 Å². The molecule has 0 bridgehead atoms. The maximum atomic E-state index is 9.91. The molecule has 0 saturated heterocycles. The minimum atomic E-state index is -0.0910. The van der Waals surface area contributed by atoms with Crippen LogP contribution in [0.1, 0.15) is 65.7 Å². The van der Waals surface area contributed by atoms with Crippen LogP contribution in [-0.2, 0) is 0 Å². The normalized spacial score (nSPS) is 32.0. The van der Waals surface area contributed by atoms with Crippen LogP contribution in [0.25, 0.3) is 0 Å². The van der Waals surface area contributed by atoms with Gasteiger partial charge in [0.15, 0.2) is 0 Å². The lowest BCUT2D eigenvalue weighted by Gasteiger charge is -2.29. The van der Waals surface area contributed by atoms with Gasteiger partial charge in [0, 0.05) is 12.6 Å². The molecule has 2 nitrogen and oxygen atoms in total. The van der Waals surface area contributed by atoms with Gasteiger partial charge in [0.05, 0.1) is 6.10 Å². The first kappa shape index (κ1) is 14.3. The zero-order valence-corrected chi connectivity index (χ0v) is 12.4. The average Bonchev–Trinajstić information content (AvgIpc) is 3.11. The number of aliphatic hydroxyl groups is 1. The molecule has 0 aromatic rings. The third kappa shape index (κ3) is 4.24. The number of hydrogen-bond acceptors (Lipinski definition) is 2. The molecule has 0 radical (unpaired) electrons. The largest absolute Gasteiger partial charge is 0.392 e. The van der Waals surface area contributed by atoms with Crippen molar-refractivity contribution in [3.8, 4) is 0 Å². The Labute approximate surface area is 113 Å². The molecule has 106 valence electrons. The molecule has 2 N–H and O–H groups in total. The SMILES string of the molecule is CC(C)(C)C1CCCC(NCC(O)C2CC2)CC1. The van der Waals surface area contributed by atoms with Crippen molar-refractivity contribution >= 4 is 0 Å². The van der Waals surface area contributed by atoms with E-state index in [-0.39, 0.29) is 6.10 Å². The van der Waals surface area contributed by atoms with Crippen molar-refractivity contribution in [3.05, 3.63) is 0 Å². The molecule has 2 saturated carbocycles. The standard InChI is InChI=1S/C16H31NO/c1-16(2,3)13-5-4-6-14(10-9-13)17-11-15(18)12-7-8-12/h12-15,17-18H,4-11H2,1-3H3. The first-order chi connectivity index (χ1) is 8.47. The molecule has 0 aromatic carbocycles. The van der Waals surface area contributed by atoms with Crippen LogP contribution in [-0.4, -0.2) is 23.8 Å². The van der Waals surface area contributed by atoms with Crippen molar-refractivity contribution in [2.75, 3.05) is 6.54 Å². The molecular weight excluding hydrogens is 222 g/mol. The summed E-state index contributed by atoms with van der Waals surface area (Å²) in [6.45, 7) is 7.95. The van der Waals surface area contributed by atoms with Gasteiger partial charge >= 0.3 is 0 Å². The van der Waals surface area contributed by atoms with Gasteiger partial charge in [-0.15, -0.1) is 0 Å². The fraction of sp³-hybridized carbons (Fsp3) is 1.00. The smallest absolute Gasteiger partial charge is 0.0692 e. The molecule has 18 heavy (non-hydrogen) atoms. The van der Waals surface area contributed by atoms with Gasteiger partial charge in [-0.3, -0.25) is 0 Å². The molecule has 3 unspecified atom stereocenters. The van der Waals surface area contributed by atoms with Crippen molar-refractivity contribution in [1.82, 2.24) is 5.32 Å². The van der Waals surface area contributed by atoms with E-state index in [9.17, 15) is 5.11 Å². The molecule has 2 aliphatic carbocycles. The van der Waals surface area contributed by atoms with Crippen LogP contribution in [0, 0.1) is 17.3 Å². The van der Waals surface area contributed by atoms with Crippen molar-refractivity contribution in [2.45, 2.75) is 77.9 Å². The van der Waals surface area contributed by atoms with Gasteiger partial charge in [-0.2, -0.15) is 0 Å². The second-order valence-electron chi connectivity index (χ2n) is 7.58. The van der Waals surface area contributed by atoms with Crippen molar-refractivity contribution in [1.29, 1.82) is 0 Å². The lowest BCUT2D eigenvalue weighted by atomic mass is 9.76. The summed E-state index contributed by atoms with van der Waals surface area (Å²) in [4.78, 5) is 0. The predicted molar refractivity (Wildman–Crippen MR) is 76.6 cm³/mol. The predicted octanol–water partition coefficient (Wildman–Crippen LogP) is 3.34. The minimum absolute atomic E-state index is 0.0910. The maximum absolute atomic E-state index is 9.91. The molecule has 2 fully saturated rings. The Kier molecular flexibility index (Phi) is 4.71. The fourth-order valence-corrected chi connectivity index (χ4v) is 3.31. The monoisotopic (exact) mass is 253 g/mol. The van der Waals surface area contributed by atoms with Gasteiger partial charge < -0.3 is 10.4 Å². The molecule has 0 aliphatic heterocycles. The van der Waals surface area contributed by atoms with Gasteiger partial charge in [0.2, 0.25) is 0 Å². The second kappa shape index (κ2) is 5.92. The Morgan fingerprint density at radius 3 is 2.39 bits per heavy atom. The first-order valence-corrected chi connectivity index (χ1v) is 7.88. The van der Waals surface area contributed by atoms with Crippen LogP contribution in [0.5, 0.6) is 0 Å². The first-order valence-electron chi connectivity index (χ1n) is 7.88. The topological polar surface area (TPSA) is 32.3 Å². The molecule has 3 atom stereocenters. The Balaban J connectivity index is 1.71. The summed E-state index contributed by atoms with van der Waals surface area (Å²) in [6.07, 6.45) is 9.04. The number of hydrogen-bond donors (Lipinski definition) is 2. The van der Waals surface area contributed by atoms with Gasteiger partial charge in [-0.05, 0) is 55.8 Å². The summed E-state index contributed by atoms with van der Waals surface area (Å²) in [5.41, 5.74) is 0.461. The van der Waals surface area contributed by atoms with E-state index in [0.717, 1.165) is 12.5 Å². The molecule has 0 heterocycles. The zero-order valence-electron chi connectivity index (χ0n) is 12.4. The van der Waals surface area contributed by atoms with E-state index in [1.807, 2.05) is 0 Å². The van der Waals surface area contributed by atoms with E-state index in [0.29, 0.717) is 17.4 Å². The van der Waals surface area contributed by atoms with Gasteiger partial charge in [-0.25, -0.2) is 0 Å². The highest BCUT2D eigenvalue weighted by atomic mass is 16.3. The third-order valence-electron chi connectivity index (χ3n) is 4.98. The fourth-order valence-electron chi connectivity index (χ4n) is 3.31. The molecule has 0 aromatic heterocycles. The number of rotatable bonds is 4. The molecule has 0 spiro atoms. The molecule has 2 aliphatic rings. The Hall–Kier alpha value is -0.0800. The van der Waals surface area contributed by atoms with E-state index in [1.54, 1.807) is 0 Å². The lowest BCUT2D eigenvalue weighted by Crippen LogP contribution is -2.36. The van der Waals surface area contributed by atoms with E-state index >= 15 is 0 Å². The van der Waals surface area contributed by atoms with Crippen molar-refractivity contribution in [3.63, 3.8) is 0 Å². The number of aliphatic hydroxyl groups excluding tert-OH is 1. The van der Waals surface area contributed by atoms with Crippen molar-refractivity contribution < 1.29 is 5.11 Å². The Bertz CT molecular complexity index is 254. The molecule has 2 heteroatoms. The Morgan fingerprint density at radius 1 is 1.06 bits per heavy atom. The Morgan fingerprint density at radius 2 is 1.78 bits per heavy atom. The average molecular weight is 253 g/mol. The van der Waals surface area contributed by atoms with Crippen LogP contribution in [0.4, 0.5) is 0 Å². The minimum Gasteiger partial charge on any atom is -0.392 e. The zero-order chi connectivity index (χ0) is 13.2. The molecule has 0 amide bonds. The lowest BCUT2D eigenvalue weighted by molar-refractivity contribution is 0.143. The van der Waals surface area contributed by atoms with E-state index < -0.39 is 0 Å². The summed E-state index contributed by atoms with van der Waals surface area (Å²) >= 11 is 0. The summed E-state index contributed by atoms with van der Waals surface area (Å²) < 4.78 is 0. The maximum Gasteiger partial charge on any atom is 0.0692 e. The van der Waals surface area contributed by atoms with Crippen LogP contribution in [0.2, 0.25) is 0 Å². The summed E-state index contributed by atoms with van der Waals surface area (Å²) in [6, 6.07) is 0.644. The number of nitrogens with one attached hydrogen (secondary N) is 1.